The maximum Gasteiger partial charge on any atom is 0.137 e. The van der Waals surface area contributed by atoms with Crippen LogP contribution in [0.5, 0.6) is 0 Å². The third kappa shape index (κ3) is 3.59. The summed E-state index contributed by atoms with van der Waals surface area (Å²) in [4.78, 5) is 6.77. The van der Waals surface area contributed by atoms with E-state index < -0.39 is 6.10 Å². The molecule has 3 heterocycles. The Hall–Kier alpha value is -1.59. The zero-order valence-electron chi connectivity index (χ0n) is 13.2. The standard InChI is InChI=1S/C17H25N3O2/c1-19-12-8-18-17(19)16(21)14-6-10-20(11-7-14)9-2-4-15-5-3-13-22-15/h3,5,8,12-14,16,21H,2,4,6-7,9-11H2,1H3. The fourth-order valence-electron chi connectivity index (χ4n) is 3.30. The Morgan fingerprint density at radius 1 is 1.41 bits per heavy atom. The summed E-state index contributed by atoms with van der Waals surface area (Å²) in [5.74, 6) is 2.18. The highest BCUT2D eigenvalue weighted by atomic mass is 16.3. The number of aliphatic hydroxyl groups excluding tert-OH is 1. The highest BCUT2D eigenvalue weighted by molar-refractivity contribution is 4.99. The predicted octanol–water partition coefficient (Wildman–Crippen LogP) is 2.39. The number of furan rings is 1. The van der Waals surface area contributed by atoms with E-state index in [-0.39, 0.29) is 0 Å². The van der Waals surface area contributed by atoms with Crippen molar-refractivity contribution in [2.45, 2.75) is 31.8 Å². The first-order valence-corrected chi connectivity index (χ1v) is 8.14. The molecule has 0 bridgehead atoms. The number of piperidine rings is 1. The van der Waals surface area contributed by atoms with Crippen molar-refractivity contribution < 1.29 is 9.52 Å². The Kier molecular flexibility index (Phi) is 4.95. The van der Waals surface area contributed by atoms with Crippen LogP contribution >= 0.6 is 0 Å². The molecule has 0 amide bonds. The van der Waals surface area contributed by atoms with Crippen molar-refractivity contribution in [1.82, 2.24) is 14.5 Å². The molecule has 0 aromatic carbocycles. The van der Waals surface area contributed by atoms with Gasteiger partial charge in [-0.3, -0.25) is 0 Å². The van der Waals surface area contributed by atoms with Gasteiger partial charge in [0, 0.05) is 25.9 Å². The van der Waals surface area contributed by atoms with Crippen LogP contribution in [0, 0.1) is 5.92 Å². The second kappa shape index (κ2) is 7.11. The summed E-state index contributed by atoms with van der Waals surface area (Å²) in [6.07, 6.45) is 9.14. The lowest BCUT2D eigenvalue weighted by molar-refractivity contribution is 0.0508. The second-order valence-corrected chi connectivity index (χ2v) is 6.20. The minimum absolute atomic E-state index is 0.322. The molecule has 2 aromatic heterocycles. The van der Waals surface area contributed by atoms with E-state index in [1.165, 1.54) is 0 Å². The van der Waals surface area contributed by atoms with Gasteiger partial charge in [-0.25, -0.2) is 4.98 Å². The summed E-state index contributed by atoms with van der Waals surface area (Å²) in [5, 5.41) is 10.5. The van der Waals surface area contributed by atoms with Crippen LogP contribution < -0.4 is 0 Å². The first kappa shape index (κ1) is 15.3. The molecule has 0 saturated carbocycles. The van der Waals surface area contributed by atoms with Gasteiger partial charge in [0.05, 0.1) is 6.26 Å². The van der Waals surface area contributed by atoms with Gasteiger partial charge in [-0.1, -0.05) is 0 Å². The number of nitrogens with zero attached hydrogens (tertiary/aromatic N) is 3. The summed E-state index contributed by atoms with van der Waals surface area (Å²) in [7, 11) is 1.94. The van der Waals surface area contributed by atoms with Gasteiger partial charge in [-0.05, 0) is 56.9 Å². The number of likely N-dealkylation sites (tertiary alicyclic amines) is 1. The molecule has 1 saturated heterocycles. The van der Waals surface area contributed by atoms with Crippen LogP contribution in [0.3, 0.4) is 0 Å². The molecule has 1 fully saturated rings. The van der Waals surface area contributed by atoms with Crippen molar-refractivity contribution in [1.29, 1.82) is 0 Å². The number of aliphatic hydroxyl groups is 1. The number of rotatable bonds is 6. The first-order chi connectivity index (χ1) is 10.7. The molecule has 2 aromatic rings. The molecule has 1 aliphatic rings. The van der Waals surface area contributed by atoms with Crippen LogP contribution in [0.2, 0.25) is 0 Å². The van der Waals surface area contributed by atoms with Gasteiger partial charge in [-0.15, -0.1) is 0 Å². The molecule has 0 spiro atoms. The molecule has 1 N–H and O–H groups in total. The monoisotopic (exact) mass is 303 g/mol. The summed E-state index contributed by atoms with van der Waals surface area (Å²) in [6, 6.07) is 3.98. The van der Waals surface area contributed by atoms with E-state index in [1.54, 1.807) is 12.5 Å². The SMILES string of the molecule is Cn1ccnc1C(O)C1CCN(CCCc2ccco2)CC1. The highest BCUT2D eigenvalue weighted by Gasteiger charge is 2.28. The third-order valence-electron chi connectivity index (χ3n) is 4.68. The first-order valence-electron chi connectivity index (χ1n) is 8.14. The van der Waals surface area contributed by atoms with E-state index in [0.29, 0.717) is 5.92 Å². The van der Waals surface area contributed by atoms with E-state index in [9.17, 15) is 5.11 Å². The average molecular weight is 303 g/mol. The van der Waals surface area contributed by atoms with Crippen molar-refractivity contribution in [2.24, 2.45) is 13.0 Å². The molecule has 22 heavy (non-hydrogen) atoms. The molecule has 1 unspecified atom stereocenters. The molecule has 1 aliphatic heterocycles. The van der Waals surface area contributed by atoms with Gasteiger partial charge in [0.25, 0.3) is 0 Å². The lowest BCUT2D eigenvalue weighted by Crippen LogP contribution is -2.36. The topological polar surface area (TPSA) is 54.4 Å². The number of hydrogen-bond donors (Lipinski definition) is 1. The number of aromatic nitrogens is 2. The van der Waals surface area contributed by atoms with Gasteiger partial charge in [0.2, 0.25) is 0 Å². The summed E-state index contributed by atoms with van der Waals surface area (Å²) in [5.41, 5.74) is 0. The van der Waals surface area contributed by atoms with Crippen LogP contribution in [0.25, 0.3) is 0 Å². The van der Waals surface area contributed by atoms with E-state index in [2.05, 4.69) is 9.88 Å². The fraction of sp³-hybridized carbons (Fsp3) is 0.588. The van der Waals surface area contributed by atoms with Gasteiger partial charge in [0.1, 0.15) is 17.7 Å². The van der Waals surface area contributed by atoms with E-state index in [1.807, 2.05) is 29.9 Å². The van der Waals surface area contributed by atoms with Crippen LogP contribution in [0.4, 0.5) is 0 Å². The number of hydrogen-bond acceptors (Lipinski definition) is 4. The van der Waals surface area contributed by atoms with Crippen LogP contribution in [0.1, 0.15) is 37.0 Å². The van der Waals surface area contributed by atoms with E-state index in [0.717, 1.165) is 56.9 Å². The Labute approximate surface area is 131 Å². The molecule has 5 nitrogen and oxygen atoms in total. The fourth-order valence-corrected chi connectivity index (χ4v) is 3.30. The van der Waals surface area contributed by atoms with Crippen molar-refractivity contribution in [3.63, 3.8) is 0 Å². The molecule has 1 atom stereocenters. The Balaban J connectivity index is 1.41. The normalized spacial score (nSPS) is 18.6. The summed E-state index contributed by atoms with van der Waals surface area (Å²) < 4.78 is 7.28. The van der Waals surface area contributed by atoms with E-state index in [4.69, 9.17) is 4.42 Å². The van der Waals surface area contributed by atoms with Crippen LogP contribution in [-0.4, -0.2) is 39.2 Å². The Morgan fingerprint density at radius 2 is 2.23 bits per heavy atom. The lowest BCUT2D eigenvalue weighted by atomic mass is 9.90. The lowest BCUT2D eigenvalue weighted by Gasteiger charge is -2.33. The van der Waals surface area contributed by atoms with E-state index >= 15 is 0 Å². The quantitative estimate of drug-likeness (QED) is 0.890. The largest absolute Gasteiger partial charge is 0.469 e. The van der Waals surface area contributed by atoms with Gasteiger partial charge in [0.15, 0.2) is 0 Å². The minimum atomic E-state index is -0.440. The van der Waals surface area contributed by atoms with Crippen LogP contribution in [0.15, 0.2) is 35.2 Å². The number of aryl methyl sites for hydroxylation is 2. The molecule has 3 rings (SSSR count). The average Bonchev–Trinajstić information content (AvgIpc) is 3.19. The molecular weight excluding hydrogens is 278 g/mol. The van der Waals surface area contributed by atoms with Gasteiger partial charge < -0.3 is 19.0 Å². The van der Waals surface area contributed by atoms with Crippen LogP contribution in [-0.2, 0) is 13.5 Å². The highest BCUT2D eigenvalue weighted by Crippen LogP contribution is 2.29. The minimum Gasteiger partial charge on any atom is -0.469 e. The van der Waals surface area contributed by atoms with Crippen molar-refractivity contribution in [2.75, 3.05) is 19.6 Å². The predicted molar refractivity (Wildman–Crippen MR) is 84.4 cm³/mol. The zero-order valence-corrected chi connectivity index (χ0v) is 13.2. The summed E-state index contributed by atoms with van der Waals surface area (Å²) >= 11 is 0. The summed E-state index contributed by atoms with van der Waals surface area (Å²) in [6.45, 7) is 3.22. The molecular formula is C17H25N3O2. The Morgan fingerprint density at radius 3 is 2.86 bits per heavy atom. The van der Waals surface area contributed by atoms with Crippen molar-refractivity contribution >= 4 is 0 Å². The smallest absolute Gasteiger partial charge is 0.137 e. The zero-order chi connectivity index (χ0) is 15.4. The van der Waals surface area contributed by atoms with Gasteiger partial charge in [-0.2, -0.15) is 0 Å². The second-order valence-electron chi connectivity index (χ2n) is 6.20. The molecule has 120 valence electrons. The maximum absolute atomic E-state index is 10.5. The Bertz CT molecular complexity index is 556. The molecule has 5 heteroatoms. The van der Waals surface area contributed by atoms with Crippen molar-refractivity contribution in [3.05, 3.63) is 42.4 Å². The van der Waals surface area contributed by atoms with Gasteiger partial charge >= 0.3 is 0 Å². The maximum atomic E-state index is 10.5. The number of imidazole rings is 1. The third-order valence-corrected chi connectivity index (χ3v) is 4.68. The van der Waals surface area contributed by atoms with Crippen molar-refractivity contribution in [3.8, 4) is 0 Å². The molecule has 0 radical (unpaired) electrons. The molecule has 0 aliphatic carbocycles.